The summed E-state index contributed by atoms with van der Waals surface area (Å²) >= 11 is 11.3. The van der Waals surface area contributed by atoms with E-state index < -0.39 is 0 Å². The van der Waals surface area contributed by atoms with Crippen molar-refractivity contribution < 1.29 is 4.74 Å². The van der Waals surface area contributed by atoms with Crippen LogP contribution in [0.1, 0.15) is 10.4 Å². The van der Waals surface area contributed by atoms with E-state index >= 15 is 0 Å². The van der Waals surface area contributed by atoms with Crippen LogP contribution in [0.15, 0.2) is 46.9 Å². The molecular weight excluding hydrogens is 370 g/mol. The third-order valence-corrected chi connectivity index (χ3v) is 5.27. The second-order valence-corrected chi connectivity index (χ2v) is 7.03. The summed E-state index contributed by atoms with van der Waals surface area (Å²) in [6.45, 7) is 0.983. The standard InChI is InChI=1S/C16H13BrClNOS/c17-10-5-6-13(18)14(7-10)20-9-12-11-3-1-2-4-15(11)21-16(12)8-19/h1-7H,8-9,19H2. The molecule has 0 atom stereocenters. The normalized spacial score (nSPS) is 11.0. The van der Waals surface area contributed by atoms with E-state index in [-0.39, 0.29) is 0 Å². The highest BCUT2D eigenvalue weighted by Crippen LogP contribution is 2.33. The van der Waals surface area contributed by atoms with Gasteiger partial charge in [-0.15, -0.1) is 11.3 Å². The van der Waals surface area contributed by atoms with Gasteiger partial charge in [-0.05, 0) is 29.7 Å². The Bertz CT molecular complexity index is 787. The molecule has 2 nitrogen and oxygen atoms in total. The number of fused-ring (bicyclic) bond motifs is 1. The molecule has 0 saturated heterocycles. The molecular formula is C16H13BrClNOS. The van der Waals surface area contributed by atoms with Crippen LogP contribution in [0.5, 0.6) is 5.75 Å². The van der Waals surface area contributed by atoms with Crippen LogP contribution in [-0.4, -0.2) is 0 Å². The largest absolute Gasteiger partial charge is 0.487 e. The molecule has 0 aliphatic heterocycles. The maximum atomic E-state index is 6.16. The fourth-order valence-corrected chi connectivity index (χ4v) is 3.81. The maximum absolute atomic E-state index is 6.16. The van der Waals surface area contributed by atoms with Crippen molar-refractivity contribution >= 4 is 49.0 Å². The second kappa shape index (κ2) is 6.36. The van der Waals surface area contributed by atoms with Gasteiger partial charge in [0.15, 0.2) is 0 Å². The number of ether oxygens (including phenoxy) is 1. The molecule has 5 heteroatoms. The molecule has 2 aromatic carbocycles. The molecule has 2 N–H and O–H groups in total. The minimum atomic E-state index is 0.465. The van der Waals surface area contributed by atoms with E-state index in [2.05, 4.69) is 28.1 Å². The molecule has 0 aliphatic rings. The van der Waals surface area contributed by atoms with Gasteiger partial charge in [-0.2, -0.15) is 0 Å². The third kappa shape index (κ3) is 3.09. The van der Waals surface area contributed by atoms with Gasteiger partial charge in [0, 0.05) is 26.2 Å². The van der Waals surface area contributed by atoms with Gasteiger partial charge in [0.2, 0.25) is 0 Å². The van der Waals surface area contributed by atoms with Gasteiger partial charge in [0.1, 0.15) is 12.4 Å². The van der Waals surface area contributed by atoms with Crippen molar-refractivity contribution in [2.45, 2.75) is 13.2 Å². The number of benzene rings is 2. The van der Waals surface area contributed by atoms with Crippen molar-refractivity contribution in [3.63, 3.8) is 0 Å². The zero-order valence-corrected chi connectivity index (χ0v) is 14.3. The molecule has 0 radical (unpaired) electrons. The SMILES string of the molecule is NCc1sc2ccccc2c1COc1cc(Br)ccc1Cl. The average Bonchev–Trinajstić information content (AvgIpc) is 2.86. The van der Waals surface area contributed by atoms with E-state index in [4.69, 9.17) is 22.1 Å². The minimum absolute atomic E-state index is 0.465. The van der Waals surface area contributed by atoms with E-state index in [1.807, 2.05) is 30.3 Å². The van der Waals surface area contributed by atoms with Crippen LogP contribution >= 0.6 is 38.9 Å². The van der Waals surface area contributed by atoms with Gasteiger partial charge in [-0.3, -0.25) is 0 Å². The zero-order chi connectivity index (χ0) is 14.8. The lowest BCUT2D eigenvalue weighted by atomic mass is 10.1. The van der Waals surface area contributed by atoms with Gasteiger partial charge in [-0.25, -0.2) is 0 Å². The van der Waals surface area contributed by atoms with Crippen LogP contribution in [0, 0.1) is 0 Å². The third-order valence-electron chi connectivity index (χ3n) is 3.23. The Hall–Kier alpha value is -1.07. The molecule has 1 aromatic heterocycles. The van der Waals surface area contributed by atoms with Crippen LogP contribution in [0.25, 0.3) is 10.1 Å². The smallest absolute Gasteiger partial charge is 0.139 e. The molecule has 3 rings (SSSR count). The molecule has 0 aliphatic carbocycles. The molecule has 21 heavy (non-hydrogen) atoms. The van der Waals surface area contributed by atoms with Crippen molar-refractivity contribution in [1.29, 1.82) is 0 Å². The van der Waals surface area contributed by atoms with E-state index in [1.165, 1.54) is 10.1 Å². The second-order valence-electron chi connectivity index (χ2n) is 4.57. The highest BCUT2D eigenvalue weighted by Gasteiger charge is 2.12. The summed E-state index contributed by atoms with van der Waals surface area (Å²) in [6, 6.07) is 13.9. The lowest BCUT2D eigenvalue weighted by Crippen LogP contribution is -2.02. The van der Waals surface area contributed by atoms with Crippen molar-refractivity contribution in [2.24, 2.45) is 5.73 Å². The van der Waals surface area contributed by atoms with Crippen molar-refractivity contribution in [2.75, 3.05) is 0 Å². The quantitative estimate of drug-likeness (QED) is 0.659. The maximum Gasteiger partial charge on any atom is 0.139 e. The van der Waals surface area contributed by atoms with Gasteiger partial charge < -0.3 is 10.5 Å². The number of nitrogens with two attached hydrogens (primary N) is 1. The number of halogens is 2. The van der Waals surface area contributed by atoms with Crippen LogP contribution < -0.4 is 10.5 Å². The first kappa shape index (κ1) is 14.9. The summed E-state index contributed by atoms with van der Waals surface area (Å²) in [7, 11) is 0. The molecule has 0 bridgehead atoms. The molecule has 1 heterocycles. The number of rotatable bonds is 4. The van der Waals surface area contributed by atoms with Crippen LogP contribution in [0.3, 0.4) is 0 Å². The molecule has 3 aromatic rings. The Kier molecular flexibility index (Phi) is 4.50. The Balaban J connectivity index is 1.93. The lowest BCUT2D eigenvalue weighted by molar-refractivity contribution is 0.307. The average molecular weight is 383 g/mol. The van der Waals surface area contributed by atoms with E-state index in [9.17, 15) is 0 Å². The van der Waals surface area contributed by atoms with Crippen LogP contribution in [0.2, 0.25) is 5.02 Å². The predicted molar refractivity (Wildman–Crippen MR) is 93.2 cm³/mol. The molecule has 0 saturated carbocycles. The Labute approximate surface area is 140 Å². The highest BCUT2D eigenvalue weighted by atomic mass is 79.9. The summed E-state index contributed by atoms with van der Waals surface area (Å²) < 4.78 is 8.08. The Morgan fingerprint density at radius 2 is 2.00 bits per heavy atom. The molecule has 108 valence electrons. The van der Waals surface area contributed by atoms with Gasteiger partial charge in [0.05, 0.1) is 5.02 Å². The van der Waals surface area contributed by atoms with Crippen molar-refractivity contribution in [3.8, 4) is 5.75 Å². The summed E-state index contributed by atoms with van der Waals surface area (Å²) in [6.07, 6.45) is 0. The number of thiophene rings is 1. The number of hydrogen-bond donors (Lipinski definition) is 1. The summed E-state index contributed by atoms with van der Waals surface area (Å²) in [5, 5.41) is 1.81. The first-order valence-electron chi connectivity index (χ1n) is 6.46. The first-order chi connectivity index (χ1) is 10.2. The topological polar surface area (TPSA) is 35.2 Å². The number of hydrogen-bond acceptors (Lipinski definition) is 3. The van der Waals surface area contributed by atoms with Crippen LogP contribution in [0.4, 0.5) is 0 Å². The van der Waals surface area contributed by atoms with Crippen molar-refractivity contribution in [1.82, 2.24) is 0 Å². The molecule has 0 spiro atoms. The van der Waals surface area contributed by atoms with Gasteiger partial charge in [-0.1, -0.05) is 45.7 Å². The van der Waals surface area contributed by atoms with Crippen LogP contribution in [-0.2, 0) is 13.2 Å². The monoisotopic (exact) mass is 381 g/mol. The summed E-state index contributed by atoms with van der Waals surface area (Å²) in [5.41, 5.74) is 7.01. The lowest BCUT2D eigenvalue weighted by Gasteiger charge is -2.09. The van der Waals surface area contributed by atoms with E-state index in [0.717, 1.165) is 14.9 Å². The fraction of sp³-hybridized carbons (Fsp3) is 0.125. The summed E-state index contributed by atoms with van der Waals surface area (Å²) in [4.78, 5) is 1.15. The minimum Gasteiger partial charge on any atom is -0.487 e. The van der Waals surface area contributed by atoms with Gasteiger partial charge in [0.25, 0.3) is 0 Å². The molecule has 0 amide bonds. The molecule has 0 fully saturated rings. The van der Waals surface area contributed by atoms with E-state index in [1.54, 1.807) is 11.3 Å². The predicted octanol–water partition coefficient (Wildman–Crippen LogP) is 5.35. The van der Waals surface area contributed by atoms with E-state index in [0.29, 0.717) is 23.9 Å². The summed E-state index contributed by atoms with van der Waals surface area (Å²) in [5.74, 6) is 0.671. The highest BCUT2D eigenvalue weighted by molar-refractivity contribution is 9.10. The Morgan fingerprint density at radius 3 is 2.81 bits per heavy atom. The zero-order valence-electron chi connectivity index (χ0n) is 11.1. The molecule has 0 unspecified atom stereocenters. The van der Waals surface area contributed by atoms with Crippen molar-refractivity contribution in [3.05, 3.63) is 62.4 Å². The Morgan fingerprint density at radius 1 is 1.19 bits per heavy atom. The van der Waals surface area contributed by atoms with Gasteiger partial charge >= 0.3 is 0 Å². The first-order valence-corrected chi connectivity index (χ1v) is 8.45. The fourth-order valence-electron chi connectivity index (χ4n) is 2.21.